The average Bonchev–Trinajstić information content (AvgIpc) is 3.48. The van der Waals surface area contributed by atoms with E-state index >= 15 is 0 Å². The molecule has 0 fully saturated rings. The smallest absolute Gasteiger partial charge is 0.260 e. The van der Waals surface area contributed by atoms with Gasteiger partial charge in [0, 0.05) is 12.1 Å². The maximum atomic E-state index is 13.2. The minimum Gasteiger partial charge on any atom is -0.497 e. The highest BCUT2D eigenvalue weighted by Crippen LogP contribution is 2.28. The van der Waals surface area contributed by atoms with E-state index in [-0.39, 0.29) is 5.91 Å². The fraction of sp³-hybridized carbons (Fsp3) is 0.192. The standard InChI is InChI=1S/C26H25N7O3/c1-15-6-7-18(10-16(15)2)32-24-21(13-29-32)25(28-14-27-24)33-23(11-17(3)31-33)30-26(34)20-9-8-19(35-4)12-22(20)36-5/h6-14H,1-5H3,(H,30,34). The molecule has 0 spiro atoms. The van der Waals surface area contributed by atoms with Crippen molar-refractivity contribution in [3.63, 3.8) is 0 Å². The number of amides is 1. The number of ether oxygens (including phenoxy) is 2. The average molecular weight is 484 g/mol. The van der Waals surface area contributed by atoms with Crippen LogP contribution in [0.5, 0.6) is 11.5 Å². The number of rotatable bonds is 6. The fourth-order valence-electron chi connectivity index (χ4n) is 3.97. The Labute approximate surface area is 207 Å². The quantitative estimate of drug-likeness (QED) is 0.386. The normalized spacial score (nSPS) is 11.0. The van der Waals surface area contributed by atoms with E-state index in [0.29, 0.717) is 45.4 Å². The van der Waals surface area contributed by atoms with Crippen LogP contribution in [-0.2, 0) is 0 Å². The van der Waals surface area contributed by atoms with Crippen molar-refractivity contribution in [2.45, 2.75) is 20.8 Å². The summed E-state index contributed by atoms with van der Waals surface area (Å²) in [5.74, 6) is 1.59. The van der Waals surface area contributed by atoms with E-state index in [1.54, 1.807) is 46.9 Å². The number of nitrogens with one attached hydrogen (secondary N) is 1. The zero-order valence-electron chi connectivity index (χ0n) is 20.6. The molecule has 3 aromatic heterocycles. The lowest BCUT2D eigenvalue weighted by Gasteiger charge is -2.12. The minimum absolute atomic E-state index is 0.355. The molecule has 0 aliphatic carbocycles. The Kier molecular flexibility index (Phi) is 5.85. The highest BCUT2D eigenvalue weighted by Gasteiger charge is 2.20. The molecule has 0 unspecified atom stereocenters. The third-order valence-corrected chi connectivity index (χ3v) is 6.01. The molecular formula is C26H25N7O3. The Morgan fingerprint density at radius 2 is 1.75 bits per heavy atom. The first-order chi connectivity index (χ1) is 17.4. The van der Waals surface area contributed by atoms with Gasteiger partial charge < -0.3 is 14.8 Å². The zero-order chi connectivity index (χ0) is 25.4. The number of aryl methyl sites for hydroxylation is 3. The molecule has 10 nitrogen and oxygen atoms in total. The van der Waals surface area contributed by atoms with Gasteiger partial charge in [0.15, 0.2) is 11.5 Å². The molecule has 5 rings (SSSR count). The third-order valence-electron chi connectivity index (χ3n) is 6.01. The Morgan fingerprint density at radius 3 is 2.50 bits per heavy atom. The lowest BCUT2D eigenvalue weighted by Crippen LogP contribution is -2.16. The Hall–Kier alpha value is -4.73. The van der Waals surface area contributed by atoms with E-state index in [1.165, 1.54) is 19.0 Å². The van der Waals surface area contributed by atoms with Crippen molar-refractivity contribution in [2.75, 3.05) is 19.5 Å². The molecule has 2 aromatic carbocycles. The van der Waals surface area contributed by atoms with E-state index in [1.807, 2.05) is 13.0 Å². The van der Waals surface area contributed by atoms with Gasteiger partial charge in [-0.25, -0.2) is 14.6 Å². The minimum atomic E-state index is -0.355. The summed E-state index contributed by atoms with van der Waals surface area (Å²) in [5, 5.41) is 12.8. The van der Waals surface area contributed by atoms with Crippen LogP contribution in [0.2, 0.25) is 0 Å². The topological polar surface area (TPSA) is 109 Å². The van der Waals surface area contributed by atoms with Crippen molar-refractivity contribution in [2.24, 2.45) is 0 Å². The van der Waals surface area contributed by atoms with Crippen LogP contribution >= 0.6 is 0 Å². The van der Waals surface area contributed by atoms with Gasteiger partial charge in [-0.2, -0.15) is 14.9 Å². The summed E-state index contributed by atoms with van der Waals surface area (Å²) < 4.78 is 14.0. The van der Waals surface area contributed by atoms with Crippen LogP contribution < -0.4 is 14.8 Å². The Balaban J connectivity index is 1.55. The number of aromatic nitrogens is 6. The van der Waals surface area contributed by atoms with E-state index in [4.69, 9.17) is 9.47 Å². The largest absolute Gasteiger partial charge is 0.497 e. The van der Waals surface area contributed by atoms with Gasteiger partial charge in [0.05, 0.1) is 42.7 Å². The second kappa shape index (κ2) is 9.14. The maximum Gasteiger partial charge on any atom is 0.260 e. The summed E-state index contributed by atoms with van der Waals surface area (Å²) in [7, 11) is 3.06. The van der Waals surface area contributed by atoms with Gasteiger partial charge in [-0.15, -0.1) is 0 Å². The highest BCUT2D eigenvalue weighted by atomic mass is 16.5. The van der Waals surface area contributed by atoms with Gasteiger partial charge in [-0.3, -0.25) is 4.79 Å². The maximum absolute atomic E-state index is 13.2. The van der Waals surface area contributed by atoms with Crippen molar-refractivity contribution in [1.29, 1.82) is 0 Å². The van der Waals surface area contributed by atoms with Gasteiger partial charge in [-0.05, 0) is 56.2 Å². The summed E-state index contributed by atoms with van der Waals surface area (Å²) in [6, 6.07) is 12.9. The van der Waals surface area contributed by atoms with Crippen LogP contribution in [-0.4, -0.2) is 49.7 Å². The molecule has 1 amide bonds. The SMILES string of the molecule is COc1ccc(C(=O)Nc2cc(C)nn2-c2ncnc3c2cnn3-c2ccc(C)c(C)c2)c(OC)c1. The number of carbonyl (C=O) groups excluding carboxylic acids is 1. The van der Waals surface area contributed by atoms with E-state index in [2.05, 4.69) is 51.5 Å². The van der Waals surface area contributed by atoms with Gasteiger partial charge in [-0.1, -0.05) is 6.07 Å². The van der Waals surface area contributed by atoms with Crippen molar-refractivity contribution >= 4 is 22.8 Å². The first kappa shape index (κ1) is 23.0. The molecule has 1 N–H and O–H groups in total. The first-order valence-electron chi connectivity index (χ1n) is 11.3. The summed E-state index contributed by atoms with van der Waals surface area (Å²) in [6.07, 6.45) is 3.17. The van der Waals surface area contributed by atoms with Crippen LogP contribution in [0.1, 0.15) is 27.2 Å². The molecule has 0 aliphatic rings. The van der Waals surface area contributed by atoms with E-state index in [9.17, 15) is 4.79 Å². The van der Waals surface area contributed by atoms with E-state index in [0.717, 1.165) is 11.3 Å². The molecule has 0 aliphatic heterocycles. The van der Waals surface area contributed by atoms with Gasteiger partial charge >= 0.3 is 0 Å². The summed E-state index contributed by atoms with van der Waals surface area (Å²) >= 11 is 0. The highest BCUT2D eigenvalue weighted by molar-refractivity contribution is 6.06. The number of hydrogen-bond donors (Lipinski definition) is 1. The molecule has 0 radical (unpaired) electrons. The van der Waals surface area contributed by atoms with Crippen LogP contribution in [0, 0.1) is 20.8 Å². The van der Waals surface area contributed by atoms with Crippen molar-refractivity contribution in [3.8, 4) is 23.0 Å². The number of carbonyl (C=O) groups is 1. The fourth-order valence-corrected chi connectivity index (χ4v) is 3.97. The lowest BCUT2D eigenvalue weighted by molar-refractivity contribution is 0.102. The number of nitrogens with zero attached hydrogens (tertiary/aromatic N) is 6. The summed E-state index contributed by atoms with van der Waals surface area (Å²) in [6.45, 7) is 5.97. The van der Waals surface area contributed by atoms with Crippen LogP contribution in [0.25, 0.3) is 22.5 Å². The van der Waals surface area contributed by atoms with Crippen molar-refractivity contribution in [1.82, 2.24) is 29.5 Å². The number of benzene rings is 2. The van der Waals surface area contributed by atoms with Crippen molar-refractivity contribution < 1.29 is 14.3 Å². The van der Waals surface area contributed by atoms with E-state index < -0.39 is 0 Å². The molecule has 0 bridgehead atoms. The molecule has 10 heteroatoms. The zero-order valence-corrected chi connectivity index (χ0v) is 20.6. The van der Waals surface area contributed by atoms with Crippen LogP contribution in [0.15, 0.2) is 55.0 Å². The number of hydrogen-bond acceptors (Lipinski definition) is 7. The Bertz CT molecular complexity index is 1600. The molecule has 36 heavy (non-hydrogen) atoms. The van der Waals surface area contributed by atoms with Crippen LogP contribution in [0.4, 0.5) is 5.82 Å². The molecule has 3 heterocycles. The molecule has 0 saturated heterocycles. The molecule has 0 atom stereocenters. The second-order valence-electron chi connectivity index (χ2n) is 8.36. The second-order valence-corrected chi connectivity index (χ2v) is 8.36. The van der Waals surface area contributed by atoms with Crippen LogP contribution in [0.3, 0.4) is 0 Å². The molecule has 5 aromatic rings. The third kappa shape index (κ3) is 4.02. The summed E-state index contributed by atoms with van der Waals surface area (Å²) in [5.41, 5.74) is 4.96. The predicted octanol–water partition coefficient (Wildman–Crippen LogP) is 4.20. The predicted molar refractivity (Wildman–Crippen MR) is 135 cm³/mol. The number of anilines is 1. The number of methoxy groups -OCH3 is 2. The molecule has 0 saturated carbocycles. The Morgan fingerprint density at radius 1 is 0.917 bits per heavy atom. The van der Waals surface area contributed by atoms with Gasteiger partial charge in [0.25, 0.3) is 5.91 Å². The van der Waals surface area contributed by atoms with Gasteiger partial charge in [0.2, 0.25) is 0 Å². The number of fused-ring (bicyclic) bond motifs is 1. The first-order valence-corrected chi connectivity index (χ1v) is 11.3. The molecule has 182 valence electrons. The summed E-state index contributed by atoms with van der Waals surface area (Å²) in [4.78, 5) is 22.1. The van der Waals surface area contributed by atoms with Gasteiger partial charge in [0.1, 0.15) is 23.6 Å². The monoisotopic (exact) mass is 483 g/mol. The lowest BCUT2D eigenvalue weighted by atomic mass is 10.1. The van der Waals surface area contributed by atoms with Crippen molar-refractivity contribution in [3.05, 3.63) is 77.4 Å². The molecular weight excluding hydrogens is 458 g/mol.